The predicted molar refractivity (Wildman–Crippen MR) is 128 cm³/mol. The third-order valence-electron chi connectivity index (χ3n) is 7.51. The van der Waals surface area contributed by atoms with Crippen LogP contribution in [-0.4, -0.2) is 52.8 Å². The molecule has 0 aliphatic carbocycles. The van der Waals surface area contributed by atoms with Crippen LogP contribution >= 0.6 is 11.6 Å². The number of hydrogen-bond acceptors (Lipinski definition) is 2. The van der Waals surface area contributed by atoms with Crippen LogP contribution < -0.4 is 0 Å². The number of rotatable bonds is 3. The van der Waals surface area contributed by atoms with Crippen molar-refractivity contribution < 1.29 is 35.9 Å². The summed E-state index contributed by atoms with van der Waals surface area (Å²) in [6.45, 7) is 3.59. The van der Waals surface area contributed by atoms with E-state index in [1.54, 1.807) is 24.0 Å². The van der Waals surface area contributed by atoms with Gasteiger partial charge in [0.25, 0.3) is 0 Å². The van der Waals surface area contributed by atoms with Gasteiger partial charge in [-0.3, -0.25) is 4.79 Å². The second kappa shape index (κ2) is 9.98. The molecule has 206 valence electrons. The minimum atomic E-state index is -5.00. The van der Waals surface area contributed by atoms with Crippen molar-refractivity contribution in [3.05, 3.63) is 69.2 Å². The minimum absolute atomic E-state index is 0.0304. The van der Waals surface area contributed by atoms with Crippen molar-refractivity contribution in [3.63, 3.8) is 0 Å². The lowest BCUT2D eigenvalue weighted by molar-refractivity contribution is -0.143. The van der Waals surface area contributed by atoms with Gasteiger partial charge in [-0.25, -0.2) is 4.79 Å². The molecular formula is C26H26ClF6N3O2. The third kappa shape index (κ3) is 5.17. The largest absolute Gasteiger partial charge is 0.416 e. The van der Waals surface area contributed by atoms with E-state index in [0.29, 0.717) is 30.0 Å². The van der Waals surface area contributed by atoms with E-state index in [9.17, 15) is 35.9 Å². The Hall–Kier alpha value is -2.95. The summed E-state index contributed by atoms with van der Waals surface area (Å²) >= 11 is 6.35. The van der Waals surface area contributed by atoms with Crippen LogP contribution in [0.2, 0.25) is 5.02 Å². The zero-order valence-corrected chi connectivity index (χ0v) is 21.6. The zero-order chi connectivity index (χ0) is 28.2. The minimum Gasteiger partial charge on any atom is -0.335 e. The fourth-order valence-corrected chi connectivity index (χ4v) is 5.47. The molecule has 3 amide bonds. The molecule has 2 heterocycles. The molecular weight excluding hydrogens is 536 g/mol. The molecule has 2 aromatic carbocycles. The first-order valence-corrected chi connectivity index (χ1v) is 12.4. The lowest BCUT2D eigenvalue weighted by Crippen LogP contribution is -2.57. The van der Waals surface area contributed by atoms with Crippen LogP contribution in [0.5, 0.6) is 0 Å². The summed E-state index contributed by atoms with van der Waals surface area (Å²) in [7, 11) is 1.34. The van der Waals surface area contributed by atoms with Crippen LogP contribution in [0.3, 0.4) is 0 Å². The summed E-state index contributed by atoms with van der Waals surface area (Å²) in [5.41, 5.74) is -1.73. The highest BCUT2D eigenvalue weighted by molar-refractivity contribution is 6.31. The summed E-state index contributed by atoms with van der Waals surface area (Å²) < 4.78 is 80.5. The molecule has 2 aliphatic rings. The van der Waals surface area contributed by atoms with Gasteiger partial charge >= 0.3 is 18.4 Å². The molecule has 0 aromatic heterocycles. The van der Waals surface area contributed by atoms with Gasteiger partial charge in [-0.15, -0.1) is 0 Å². The third-order valence-corrected chi connectivity index (χ3v) is 7.92. The maximum atomic E-state index is 13.8. The number of fused-ring (bicyclic) bond motifs is 1. The zero-order valence-electron chi connectivity index (χ0n) is 20.8. The van der Waals surface area contributed by atoms with Gasteiger partial charge in [0.2, 0.25) is 5.91 Å². The molecule has 0 spiro atoms. The van der Waals surface area contributed by atoms with E-state index in [2.05, 4.69) is 0 Å². The topological polar surface area (TPSA) is 43.9 Å². The Kier molecular flexibility index (Phi) is 7.37. The first-order valence-electron chi connectivity index (χ1n) is 12.0. The summed E-state index contributed by atoms with van der Waals surface area (Å²) in [5.74, 6) is -0.0304. The molecule has 0 bridgehead atoms. The van der Waals surface area contributed by atoms with Crippen molar-refractivity contribution in [1.29, 1.82) is 0 Å². The average molecular weight is 562 g/mol. The first kappa shape index (κ1) is 28.1. The number of amides is 3. The van der Waals surface area contributed by atoms with Gasteiger partial charge in [-0.1, -0.05) is 23.7 Å². The Morgan fingerprint density at radius 2 is 1.66 bits per heavy atom. The standard InChI is InChI=1S/C26H26ClF6N3O2/c1-14-19(5-4-6-20(14)27)23-21-7-8-22(37)35(21)9-10-36(23)24(38)34(3)15(2)16-11-17(25(28,29)30)13-18(12-16)26(31,32)33/h4-6,11-13,15,21,23H,7-10H2,1-3H3/t15-,21+,23+/m1/s1. The number of alkyl halides is 6. The van der Waals surface area contributed by atoms with Gasteiger partial charge in [-0.05, 0) is 61.2 Å². The highest BCUT2D eigenvalue weighted by Gasteiger charge is 2.46. The van der Waals surface area contributed by atoms with Gasteiger partial charge in [0.1, 0.15) is 0 Å². The van der Waals surface area contributed by atoms with Crippen molar-refractivity contribution >= 4 is 23.5 Å². The number of benzene rings is 2. The van der Waals surface area contributed by atoms with Crippen LogP contribution in [0.15, 0.2) is 36.4 Å². The Morgan fingerprint density at radius 1 is 1.05 bits per heavy atom. The van der Waals surface area contributed by atoms with Crippen molar-refractivity contribution in [2.45, 2.75) is 57.2 Å². The molecule has 2 aromatic rings. The Labute approximate surface area is 220 Å². The number of carbonyl (C=O) groups is 2. The molecule has 0 unspecified atom stereocenters. The molecule has 0 radical (unpaired) electrons. The monoisotopic (exact) mass is 561 g/mol. The molecule has 3 atom stereocenters. The summed E-state index contributed by atoms with van der Waals surface area (Å²) in [4.78, 5) is 30.7. The first-order chi connectivity index (χ1) is 17.6. The molecule has 2 fully saturated rings. The average Bonchev–Trinajstić information content (AvgIpc) is 3.23. The number of urea groups is 1. The Balaban J connectivity index is 1.71. The van der Waals surface area contributed by atoms with Gasteiger partial charge < -0.3 is 14.7 Å². The van der Waals surface area contributed by atoms with Crippen molar-refractivity contribution in [2.24, 2.45) is 0 Å². The molecule has 0 N–H and O–H groups in total. The quantitative estimate of drug-likeness (QED) is 0.385. The molecule has 12 heteroatoms. The van der Waals surface area contributed by atoms with Crippen molar-refractivity contribution in [3.8, 4) is 0 Å². The van der Waals surface area contributed by atoms with Gasteiger partial charge in [0.05, 0.1) is 29.3 Å². The number of carbonyl (C=O) groups excluding carboxylic acids is 2. The van der Waals surface area contributed by atoms with Gasteiger partial charge in [0.15, 0.2) is 0 Å². The normalized spacial score (nSPS) is 20.9. The van der Waals surface area contributed by atoms with Crippen LogP contribution in [-0.2, 0) is 17.1 Å². The molecule has 2 aliphatic heterocycles. The summed E-state index contributed by atoms with van der Waals surface area (Å²) in [5, 5.41) is 0.474. The Morgan fingerprint density at radius 3 is 2.24 bits per heavy atom. The van der Waals surface area contributed by atoms with E-state index in [0.717, 1.165) is 16.0 Å². The number of nitrogens with zero attached hydrogens (tertiary/aromatic N) is 3. The van der Waals surface area contributed by atoms with E-state index in [1.807, 2.05) is 6.07 Å². The Bertz CT molecular complexity index is 1220. The second-order valence-corrected chi connectivity index (χ2v) is 10.1. The summed E-state index contributed by atoms with van der Waals surface area (Å²) in [6, 6.07) is 3.98. The molecule has 0 saturated carbocycles. The van der Waals surface area contributed by atoms with Crippen LogP contribution in [0, 0.1) is 6.92 Å². The van der Waals surface area contributed by atoms with Crippen LogP contribution in [0.4, 0.5) is 31.1 Å². The smallest absolute Gasteiger partial charge is 0.335 e. The highest BCUT2D eigenvalue weighted by Crippen LogP contribution is 2.42. The molecule has 38 heavy (non-hydrogen) atoms. The second-order valence-electron chi connectivity index (χ2n) is 9.69. The van der Waals surface area contributed by atoms with E-state index in [4.69, 9.17) is 11.6 Å². The highest BCUT2D eigenvalue weighted by atomic mass is 35.5. The SMILES string of the molecule is Cc1c(Cl)cccc1[C@H]1[C@@H]2CCC(=O)N2CCN1C(=O)N(C)[C@H](C)c1cc(C(F)(F)F)cc(C(F)(F)F)c1. The van der Waals surface area contributed by atoms with Gasteiger partial charge in [0, 0.05) is 31.6 Å². The van der Waals surface area contributed by atoms with Crippen molar-refractivity contribution in [1.82, 2.24) is 14.7 Å². The molecule has 5 nitrogen and oxygen atoms in total. The maximum Gasteiger partial charge on any atom is 0.416 e. The van der Waals surface area contributed by atoms with E-state index in [-0.39, 0.29) is 36.7 Å². The fraction of sp³-hybridized carbons (Fsp3) is 0.462. The lowest BCUT2D eigenvalue weighted by atomic mass is 9.90. The fourth-order valence-electron chi connectivity index (χ4n) is 5.28. The molecule has 2 saturated heterocycles. The lowest BCUT2D eigenvalue weighted by Gasteiger charge is -2.47. The molecule has 4 rings (SSSR count). The predicted octanol–water partition coefficient (Wildman–Crippen LogP) is 6.85. The maximum absolute atomic E-state index is 13.8. The summed E-state index contributed by atoms with van der Waals surface area (Å²) in [6.07, 6.45) is -9.18. The van der Waals surface area contributed by atoms with Gasteiger partial charge in [-0.2, -0.15) is 26.3 Å². The van der Waals surface area contributed by atoms with Crippen LogP contribution in [0.25, 0.3) is 0 Å². The van der Waals surface area contributed by atoms with E-state index >= 15 is 0 Å². The van der Waals surface area contributed by atoms with Crippen LogP contribution in [0.1, 0.15) is 59.7 Å². The number of piperazine rings is 1. The number of halogens is 7. The van der Waals surface area contributed by atoms with E-state index < -0.39 is 41.6 Å². The number of hydrogen-bond donors (Lipinski definition) is 0. The van der Waals surface area contributed by atoms with E-state index in [1.165, 1.54) is 18.9 Å². The van der Waals surface area contributed by atoms with Crippen molar-refractivity contribution in [2.75, 3.05) is 20.1 Å².